The number of aryl methyl sites for hydroxylation is 2. The van der Waals surface area contributed by atoms with Gasteiger partial charge in [0.15, 0.2) is 11.6 Å². The fourth-order valence-electron chi connectivity index (χ4n) is 2.49. The molecule has 0 atom stereocenters. The van der Waals surface area contributed by atoms with Gasteiger partial charge in [-0.15, -0.1) is 10.2 Å². The predicted molar refractivity (Wildman–Crippen MR) is 93.9 cm³/mol. The number of rotatable bonds is 6. The molecule has 122 valence electrons. The van der Waals surface area contributed by atoms with E-state index >= 15 is 0 Å². The van der Waals surface area contributed by atoms with Crippen molar-refractivity contribution in [1.82, 2.24) is 10.2 Å². The summed E-state index contributed by atoms with van der Waals surface area (Å²) in [4.78, 5) is 12.0. The third kappa shape index (κ3) is 4.28. The third-order valence-electron chi connectivity index (χ3n) is 4.01. The Kier molecular flexibility index (Phi) is 5.68. The van der Waals surface area contributed by atoms with Crippen LogP contribution in [-0.2, 0) is 4.79 Å². The van der Waals surface area contributed by atoms with Crippen molar-refractivity contribution < 1.29 is 4.79 Å². The number of anilines is 3. The Bertz CT molecular complexity index is 643. The highest BCUT2D eigenvalue weighted by molar-refractivity contribution is 5.91. The summed E-state index contributed by atoms with van der Waals surface area (Å²) in [5.41, 5.74) is 3.34. The highest BCUT2D eigenvalue weighted by Gasteiger charge is 2.14. The maximum Gasteiger partial charge on any atom is 0.228 e. The molecule has 23 heavy (non-hydrogen) atoms. The fourth-order valence-corrected chi connectivity index (χ4v) is 2.49. The van der Waals surface area contributed by atoms with Crippen molar-refractivity contribution in [3.05, 3.63) is 41.5 Å². The number of nitrogens with one attached hydrogen (secondary N) is 2. The highest BCUT2D eigenvalue weighted by atomic mass is 16.1. The Morgan fingerprint density at radius 2 is 1.57 bits per heavy atom. The van der Waals surface area contributed by atoms with Crippen molar-refractivity contribution in [2.24, 2.45) is 5.92 Å². The number of hydrogen-bond donors (Lipinski definition) is 2. The van der Waals surface area contributed by atoms with Crippen LogP contribution in [0.3, 0.4) is 0 Å². The molecule has 1 heterocycles. The molecule has 0 radical (unpaired) electrons. The molecule has 0 saturated carbocycles. The van der Waals surface area contributed by atoms with Crippen molar-refractivity contribution >= 4 is 23.2 Å². The lowest BCUT2D eigenvalue weighted by Crippen LogP contribution is -2.22. The Hall–Kier alpha value is -2.43. The molecule has 0 spiro atoms. The summed E-state index contributed by atoms with van der Waals surface area (Å²) in [6.45, 7) is 8.12. The largest absolute Gasteiger partial charge is 0.338 e. The normalized spacial score (nSPS) is 10.7. The van der Waals surface area contributed by atoms with Crippen molar-refractivity contribution in [2.75, 3.05) is 10.6 Å². The van der Waals surface area contributed by atoms with E-state index < -0.39 is 0 Å². The van der Waals surface area contributed by atoms with Gasteiger partial charge in [-0.2, -0.15) is 0 Å². The smallest absolute Gasteiger partial charge is 0.228 e. The van der Waals surface area contributed by atoms with Gasteiger partial charge in [0.1, 0.15) is 0 Å². The summed E-state index contributed by atoms with van der Waals surface area (Å²) in [6, 6.07) is 9.71. The molecule has 0 aliphatic carbocycles. The summed E-state index contributed by atoms with van der Waals surface area (Å²) in [6.07, 6.45) is 1.64. The first-order chi connectivity index (χ1) is 11.0. The molecule has 0 bridgehead atoms. The van der Waals surface area contributed by atoms with Gasteiger partial charge >= 0.3 is 0 Å². The standard InChI is InChI=1S/C18H24N4O/c1-5-14(6-2)18(23)20-16-11-10-15(21-22-16)19-17-12(3)8-7-9-13(17)4/h7-11,14H,5-6H2,1-4H3,(H,19,21)(H,20,22,23). The fraction of sp³-hybridized carbons (Fsp3) is 0.389. The van der Waals surface area contributed by atoms with Gasteiger partial charge in [-0.1, -0.05) is 32.0 Å². The lowest BCUT2D eigenvalue weighted by molar-refractivity contribution is -0.120. The quantitative estimate of drug-likeness (QED) is 0.838. The van der Waals surface area contributed by atoms with Crippen LogP contribution >= 0.6 is 0 Å². The van der Waals surface area contributed by atoms with Crippen LogP contribution in [0.15, 0.2) is 30.3 Å². The van der Waals surface area contributed by atoms with Gasteiger partial charge in [0.2, 0.25) is 5.91 Å². The zero-order valence-corrected chi connectivity index (χ0v) is 14.2. The van der Waals surface area contributed by atoms with Crippen LogP contribution in [0.5, 0.6) is 0 Å². The Morgan fingerprint density at radius 1 is 1.00 bits per heavy atom. The summed E-state index contributed by atoms with van der Waals surface area (Å²) in [7, 11) is 0. The number of hydrogen-bond acceptors (Lipinski definition) is 4. The average Bonchev–Trinajstić information content (AvgIpc) is 2.54. The van der Waals surface area contributed by atoms with Crippen LogP contribution in [0.25, 0.3) is 0 Å². The van der Waals surface area contributed by atoms with E-state index in [1.165, 1.54) is 0 Å². The second kappa shape index (κ2) is 7.72. The molecule has 2 N–H and O–H groups in total. The number of amides is 1. The molecule has 1 aromatic carbocycles. The summed E-state index contributed by atoms with van der Waals surface area (Å²) in [5.74, 6) is 1.15. The number of para-hydroxylation sites is 1. The lowest BCUT2D eigenvalue weighted by Gasteiger charge is -2.13. The molecule has 2 rings (SSSR count). The Labute approximate surface area is 137 Å². The maximum atomic E-state index is 12.0. The molecule has 2 aromatic rings. The van der Waals surface area contributed by atoms with Crippen LogP contribution in [0.1, 0.15) is 37.8 Å². The molecule has 1 aromatic heterocycles. The van der Waals surface area contributed by atoms with Gasteiger partial charge < -0.3 is 10.6 Å². The van der Waals surface area contributed by atoms with Crippen LogP contribution < -0.4 is 10.6 Å². The van der Waals surface area contributed by atoms with Gasteiger partial charge in [-0.25, -0.2) is 0 Å². The number of aromatic nitrogens is 2. The Balaban J connectivity index is 2.07. The first-order valence-electron chi connectivity index (χ1n) is 8.03. The van der Waals surface area contributed by atoms with E-state index in [0.29, 0.717) is 11.6 Å². The van der Waals surface area contributed by atoms with Gasteiger partial charge in [0.05, 0.1) is 0 Å². The second-order valence-electron chi connectivity index (χ2n) is 5.70. The van der Waals surface area contributed by atoms with E-state index in [9.17, 15) is 4.79 Å². The van der Waals surface area contributed by atoms with E-state index in [4.69, 9.17) is 0 Å². The first kappa shape index (κ1) is 16.9. The first-order valence-corrected chi connectivity index (χ1v) is 8.03. The molecular formula is C18H24N4O. The van der Waals surface area contributed by atoms with E-state index in [1.54, 1.807) is 6.07 Å². The summed E-state index contributed by atoms with van der Waals surface area (Å²) >= 11 is 0. The van der Waals surface area contributed by atoms with E-state index in [2.05, 4.69) is 20.8 Å². The number of carbonyl (C=O) groups excluding carboxylic acids is 1. The summed E-state index contributed by atoms with van der Waals surface area (Å²) in [5, 5.41) is 14.3. The number of nitrogens with zero attached hydrogens (tertiary/aromatic N) is 2. The SMILES string of the molecule is CCC(CC)C(=O)Nc1ccc(Nc2c(C)cccc2C)nn1. The van der Waals surface area contributed by atoms with Crippen molar-refractivity contribution in [3.8, 4) is 0 Å². The lowest BCUT2D eigenvalue weighted by atomic mass is 10.0. The minimum atomic E-state index is -0.000225. The maximum absolute atomic E-state index is 12.0. The monoisotopic (exact) mass is 312 g/mol. The topological polar surface area (TPSA) is 66.9 Å². The van der Waals surface area contributed by atoms with Gasteiger partial charge in [0.25, 0.3) is 0 Å². The predicted octanol–water partition coefficient (Wildman–Crippen LogP) is 4.21. The van der Waals surface area contributed by atoms with Crippen LogP contribution in [-0.4, -0.2) is 16.1 Å². The van der Waals surface area contributed by atoms with E-state index in [0.717, 1.165) is 29.7 Å². The zero-order valence-electron chi connectivity index (χ0n) is 14.2. The molecule has 0 saturated heterocycles. The van der Waals surface area contributed by atoms with Crippen molar-refractivity contribution in [2.45, 2.75) is 40.5 Å². The van der Waals surface area contributed by atoms with Crippen LogP contribution in [0, 0.1) is 19.8 Å². The van der Waals surface area contributed by atoms with Gasteiger partial charge in [-0.3, -0.25) is 4.79 Å². The minimum absolute atomic E-state index is 0.000225. The summed E-state index contributed by atoms with van der Waals surface area (Å²) < 4.78 is 0. The molecule has 0 aliphatic heterocycles. The third-order valence-corrected chi connectivity index (χ3v) is 4.01. The molecule has 0 unspecified atom stereocenters. The van der Waals surface area contributed by atoms with E-state index in [1.807, 2.05) is 52.0 Å². The zero-order chi connectivity index (χ0) is 16.8. The molecule has 1 amide bonds. The Morgan fingerprint density at radius 3 is 2.09 bits per heavy atom. The van der Waals surface area contributed by atoms with Gasteiger partial charge in [-0.05, 0) is 49.9 Å². The molecular weight excluding hydrogens is 288 g/mol. The molecule has 5 nitrogen and oxygen atoms in total. The molecule has 0 fully saturated rings. The molecule has 5 heteroatoms. The van der Waals surface area contributed by atoms with Gasteiger partial charge in [0, 0.05) is 11.6 Å². The van der Waals surface area contributed by atoms with Crippen LogP contribution in [0.4, 0.5) is 17.3 Å². The molecule has 0 aliphatic rings. The number of carbonyl (C=O) groups is 1. The van der Waals surface area contributed by atoms with Crippen molar-refractivity contribution in [3.63, 3.8) is 0 Å². The van der Waals surface area contributed by atoms with Crippen LogP contribution in [0.2, 0.25) is 0 Å². The highest BCUT2D eigenvalue weighted by Crippen LogP contribution is 2.23. The average molecular weight is 312 g/mol. The van der Waals surface area contributed by atoms with Crippen molar-refractivity contribution in [1.29, 1.82) is 0 Å². The number of benzene rings is 1. The van der Waals surface area contributed by atoms with E-state index in [-0.39, 0.29) is 11.8 Å². The minimum Gasteiger partial charge on any atom is -0.338 e. The second-order valence-corrected chi connectivity index (χ2v) is 5.70.